The molecule has 0 aromatic carbocycles. The first-order chi connectivity index (χ1) is 8.17. The van der Waals surface area contributed by atoms with Gasteiger partial charge >= 0.3 is 0 Å². The number of hydrogen-bond acceptors (Lipinski definition) is 3. The van der Waals surface area contributed by atoms with Crippen molar-refractivity contribution >= 4 is 5.91 Å². The third-order valence-corrected chi connectivity index (χ3v) is 3.69. The number of hydrogen-bond donors (Lipinski definition) is 2. The van der Waals surface area contributed by atoms with Gasteiger partial charge in [0.15, 0.2) is 0 Å². The summed E-state index contributed by atoms with van der Waals surface area (Å²) in [6.45, 7) is 6.11. The molecule has 1 fully saturated rings. The van der Waals surface area contributed by atoms with Gasteiger partial charge in [0.25, 0.3) is 0 Å². The number of nitrogens with zero attached hydrogens (tertiary/aromatic N) is 1. The van der Waals surface area contributed by atoms with E-state index in [1.54, 1.807) is 0 Å². The van der Waals surface area contributed by atoms with E-state index >= 15 is 0 Å². The number of carbonyl (C=O) groups excluding carboxylic acids is 1. The topological polar surface area (TPSA) is 52.6 Å². The molecular weight excluding hydrogens is 216 g/mol. The van der Waals surface area contributed by atoms with Crippen molar-refractivity contribution in [3.63, 3.8) is 0 Å². The van der Waals surface area contributed by atoms with Gasteiger partial charge in [0.2, 0.25) is 5.91 Å². The number of amides is 1. The maximum absolute atomic E-state index is 11.9. The largest absolute Gasteiger partial charge is 0.395 e. The van der Waals surface area contributed by atoms with Gasteiger partial charge in [-0.3, -0.25) is 9.69 Å². The summed E-state index contributed by atoms with van der Waals surface area (Å²) in [7, 11) is 0. The lowest BCUT2D eigenvalue weighted by atomic mass is 9.86. The average molecular weight is 242 g/mol. The SMILES string of the molecule is CCN(CCO)CC(=O)NC1CCCCC1C. The average Bonchev–Trinajstić information content (AvgIpc) is 2.31. The Hall–Kier alpha value is -0.610. The highest BCUT2D eigenvalue weighted by atomic mass is 16.3. The molecule has 0 aromatic rings. The van der Waals surface area contributed by atoms with Gasteiger partial charge in [-0.05, 0) is 25.3 Å². The molecule has 1 saturated carbocycles. The van der Waals surface area contributed by atoms with Crippen molar-refractivity contribution in [2.75, 3.05) is 26.2 Å². The zero-order valence-corrected chi connectivity index (χ0v) is 11.1. The lowest BCUT2D eigenvalue weighted by Crippen LogP contribution is -2.46. The van der Waals surface area contributed by atoms with Crippen molar-refractivity contribution in [1.82, 2.24) is 10.2 Å². The molecule has 100 valence electrons. The first-order valence-electron chi connectivity index (χ1n) is 6.80. The van der Waals surface area contributed by atoms with Crippen molar-refractivity contribution in [3.8, 4) is 0 Å². The molecule has 1 rings (SSSR count). The van der Waals surface area contributed by atoms with Crippen LogP contribution in [-0.2, 0) is 4.79 Å². The Morgan fingerprint density at radius 2 is 2.12 bits per heavy atom. The highest BCUT2D eigenvalue weighted by Gasteiger charge is 2.23. The number of likely N-dealkylation sites (N-methyl/N-ethyl adjacent to an activating group) is 1. The van der Waals surface area contributed by atoms with E-state index in [1.807, 2.05) is 11.8 Å². The molecule has 0 saturated heterocycles. The van der Waals surface area contributed by atoms with Crippen LogP contribution >= 0.6 is 0 Å². The monoisotopic (exact) mass is 242 g/mol. The fourth-order valence-electron chi connectivity index (χ4n) is 2.48. The van der Waals surface area contributed by atoms with Crippen LogP contribution in [0.1, 0.15) is 39.5 Å². The summed E-state index contributed by atoms with van der Waals surface area (Å²) >= 11 is 0. The Morgan fingerprint density at radius 1 is 1.41 bits per heavy atom. The maximum Gasteiger partial charge on any atom is 0.234 e. The molecule has 2 N–H and O–H groups in total. The first-order valence-corrected chi connectivity index (χ1v) is 6.80. The molecule has 0 aromatic heterocycles. The second kappa shape index (κ2) is 7.67. The summed E-state index contributed by atoms with van der Waals surface area (Å²) in [4.78, 5) is 13.8. The molecule has 2 atom stereocenters. The molecular formula is C13H26N2O2. The number of nitrogens with one attached hydrogen (secondary N) is 1. The van der Waals surface area contributed by atoms with Crippen molar-refractivity contribution in [2.45, 2.75) is 45.6 Å². The van der Waals surface area contributed by atoms with Gasteiger partial charge in [0, 0.05) is 12.6 Å². The summed E-state index contributed by atoms with van der Waals surface area (Å²) in [5, 5.41) is 12.0. The third-order valence-electron chi connectivity index (χ3n) is 3.69. The fourth-order valence-corrected chi connectivity index (χ4v) is 2.48. The molecule has 2 unspecified atom stereocenters. The number of aliphatic hydroxyl groups excluding tert-OH is 1. The Kier molecular flexibility index (Phi) is 6.52. The van der Waals surface area contributed by atoms with Crippen molar-refractivity contribution in [3.05, 3.63) is 0 Å². The molecule has 4 nitrogen and oxygen atoms in total. The smallest absolute Gasteiger partial charge is 0.234 e. The van der Waals surface area contributed by atoms with Crippen LogP contribution in [0.3, 0.4) is 0 Å². The standard InChI is InChI=1S/C13H26N2O2/c1-3-15(8-9-16)10-13(17)14-12-7-5-4-6-11(12)2/h11-12,16H,3-10H2,1-2H3,(H,14,17). The molecule has 0 spiro atoms. The molecule has 1 amide bonds. The van der Waals surface area contributed by atoms with Crippen LogP contribution in [-0.4, -0.2) is 48.2 Å². The maximum atomic E-state index is 11.9. The Balaban J connectivity index is 2.32. The van der Waals surface area contributed by atoms with Gasteiger partial charge in [-0.15, -0.1) is 0 Å². The summed E-state index contributed by atoms with van der Waals surface area (Å²) in [5.41, 5.74) is 0. The van der Waals surface area contributed by atoms with E-state index in [-0.39, 0.29) is 12.5 Å². The van der Waals surface area contributed by atoms with Crippen molar-refractivity contribution in [2.24, 2.45) is 5.92 Å². The van der Waals surface area contributed by atoms with E-state index in [0.717, 1.165) is 13.0 Å². The molecule has 1 aliphatic rings. The zero-order valence-electron chi connectivity index (χ0n) is 11.1. The van der Waals surface area contributed by atoms with Gasteiger partial charge in [-0.25, -0.2) is 0 Å². The molecule has 17 heavy (non-hydrogen) atoms. The predicted molar refractivity (Wildman–Crippen MR) is 68.8 cm³/mol. The summed E-state index contributed by atoms with van der Waals surface area (Å²) in [5.74, 6) is 0.694. The minimum Gasteiger partial charge on any atom is -0.395 e. The molecule has 1 aliphatic carbocycles. The minimum atomic E-state index is 0.0963. The molecule has 0 bridgehead atoms. The van der Waals surface area contributed by atoms with Gasteiger partial charge in [0.05, 0.1) is 13.2 Å². The third kappa shape index (κ3) is 5.04. The first kappa shape index (κ1) is 14.5. The highest BCUT2D eigenvalue weighted by molar-refractivity contribution is 5.78. The van der Waals surface area contributed by atoms with Crippen LogP contribution in [0.5, 0.6) is 0 Å². The van der Waals surface area contributed by atoms with E-state index < -0.39 is 0 Å². The molecule has 0 radical (unpaired) electrons. The van der Waals surface area contributed by atoms with Crippen LogP contribution in [0.2, 0.25) is 0 Å². The second-order valence-corrected chi connectivity index (χ2v) is 5.03. The molecule has 4 heteroatoms. The van der Waals surface area contributed by atoms with Crippen LogP contribution in [0.15, 0.2) is 0 Å². The lowest BCUT2D eigenvalue weighted by molar-refractivity contribution is -0.123. The van der Waals surface area contributed by atoms with Crippen molar-refractivity contribution < 1.29 is 9.90 Å². The van der Waals surface area contributed by atoms with E-state index in [1.165, 1.54) is 19.3 Å². The Bertz CT molecular complexity index is 233. The number of carbonyl (C=O) groups is 1. The van der Waals surface area contributed by atoms with Crippen LogP contribution in [0.4, 0.5) is 0 Å². The fraction of sp³-hybridized carbons (Fsp3) is 0.923. The van der Waals surface area contributed by atoms with Gasteiger partial charge in [-0.1, -0.05) is 26.7 Å². The van der Waals surface area contributed by atoms with Crippen LogP contribution in [0.25, 0.3) is 0 Å². The summed E-state index contributed by atoms with van der Waals surface area (Å²) in [6, 6.07) is 0.351. The Labute approximate surface area is 104 Å². The molecule has 0 aliphatic heterocycles. The van der Waals surface area contributed by atoms with E-state index in [0.29, 0.717) is 25.0 Å². The van der Waals surface area contributed by atoms with Gasteiger partial charge < -0.3 is 10.4 Å². The quantitative estimate of drug-likeness (QED) is 0.730. The number of aliphatic hydroxyl groups is 1. The van der Waals surface area contributed by atoms with E-state index in [2.05, 4.69) is 12.2 Å². The van der Waals surface area contributed by atoms with Gasteiger partial charge in [0.1, 0.15) is 0 Å². The minimum absolute atomic E-state index is 0.0963. The van der Waals surface area contributed by atoms with E-state index in [9.17, 15) is 4.79 Å². The second-order valence-electron chi connectivity index (χ2n) is 5.03. The van der Waals surface area contributed by atoms with Crippen LogP contribution < -0.4 is 5.32 Å². The van der Waals surface area contributed by atoms with Gasteiger partial charge in [-0.2, -0.15) is 0 Å². The predicted octanol–water partition coefficient (Wildman–Crippen LogP) is 0.995. The highest BCUT2D eigenvalue weighted by Crippen LogP contribution is 2.23. The summed E-state index contributed by atoms with van der Waals surface area (Å²) < 4.78 is 0. The zero-order chi connectivity index (χ0) is 12.7. The summed E-state index contributed by atoms with van der Waals surface area (Å²) in [6.07, 6.45) is 4.85. The lowest BCUT2D eigenvalue weighted by Gasteiger charge is -2.30. The van der Waals surface area contributed by atoms with Crippen molar-refractivity contribution in [1.29, 1.82) is 0 Å². The van der Waals surface area contributed by atoms with E-state index in [4.69, 9.17) is 5.11 Å². The van der Waals surface area contributed by atoms with Crippen LogP contribution in [0, 0.1) is 5.92 Å². The molecule has 0 heterocycles. The number of rotatable bonds is 6. The normalized spacial score (nSPS) is 24.9. The Morgan fingerprint density at radius 3 is 2.71 bits per heavy atom.